The molecule has 2 atom stereocenters. The summed E-state index contributed by atoms with van der Waals surface area (Å²) in [6.45, 7) is 4.36. The summed E-state index contributed by atoms with van der Waals surface area (Å²) in [6.07, 6.45) is 0.808. The Kier molecular flexibility index (Phi) is 4.80. The highest BCUT2D eigenvalue weighted by Gasteiger charge is 2.20. The number of hydrogen-bond acceptors (Lipinski definition) is 4. The molecule has 4 heteroatoms. The molecule has 0 amide bonds. The minimum atomic E-state index is -0.624. The number of ether oxygens (including phenoxy) is 2. The molecule has 1 aromatic carbocycles. The van der Waals surface area contributed by atoms with Gasteiger partial charge >= 0.3 is 0 Å². The molecule has 1 aromatic rings. The lowest BCUT2D eigenvalue weighted by atomic mass is 10.1. The average Bonchev–Trinajstić information content (AvgIpc) is 2.75. The van der Waals surface area contributed by atoms with Crippen LogP contribution >= 0.6 is 0 Å². The summed E-state index contributed by atoms with van der Waals surface area (Å²) < 4.78 is 10.9. The molecule has 0 bridgehead atoms. The van der Waals surface area contributed by atoms with E-state index in [1.165, 1.54) is 0 Å². The minimum absolute atomic E-state index is 0.108. The van der Waals surface area contributed by atoms with Gasteiger partial charge in [-0.15, -0.1) is 0 Å². The molecule has 2 unspecified atom stereocenters. The molecule has 0 aliphatic heterocycles. The second-order valence-corrected chi connectivity index (χ2v) is 5.26. The Balaban J connectivity index is 1.83. The Morgan fingerprint density at radius 1 is 1.32 bits per heavy atom. The molecule has 1 aliphatic rings. The second-order valence-electron chi connectivity index (χ2n) is 5.26. The van der Waals surface area contributed by atoms with E-state index in [0.29, 0.717) is 0 Å². The van der Waals surface area contributed by atoms with Gasteiger partial charge in [0, 0.05) is 0 Å². The van der Waals surface area contributed by atoms with Gasteiger partial charge in [-0.1, -0.05) is 6.07 Å². The van der Waals surface area contributed by atoms with Crippen LogP contribution in [0.25, 0.3) is 0 Å². The van der Waals surface area contributed by atoms with Crippen molar-refractivity contribution in [3.8, 4) is 5.75 Å². The van der Waals surface area contributed by atoms with E-state index < -0.39 is 6.10 Å². The molecule has 0 radical (unpaired) electrons. The predicted molar refractivity (Wildman–Crippen MR) is 72.3 cm³/mol. The molecule has 0 heterocycles. The standard InChI is InChI=1S/C15H22O4/c1-10(2)18-8-12(16)9-19-13-4-5-14-11(7-13)3-6-15(14)17/h4-5,7,10,12,15-17H,3,6,8-9H2,1-2H3. The molecule has 0 fully saturated rings. The molecule has 0 aromatic heterocycles. The van der Waals surface area contributed by atoms with Gasteiger partial charge in [0.2, 0.25) is 0 Å². The van der Waals surface area contributed by atoms with Crippen LogP contribution in [0.1, 0.15) is 37.5 Å². The molecule has 0 saturated carbocycles. The van der Waals surface area contributed by atoms with Crippen LogP contribution < -0.4 is 4.74 Å². The van der Waals surface area contributed by atoms with Crippen LogP contribution in [-0.2, 0) is 11.2 Å². The number of aryl methyl sites for hydroxylation is 1. The quantitative estimate of drug-likeness (QED) is 0.824. The van der Waals surface area contributed by atoms with Crippen molar-refractivity contribution >= 4 is 0 Å². The van der Waals surface area contributed by atoms with E-state index >= 15 is 0 Å². The highest BCUT2D eigenvalue weighted by Crippen LogP contribution is 2.33. The Morgan fingerprint density at radius 3 is 2.84 bits per heavy atom. The van der Waals surface area contributed by atoms with Crippen LogP contribution in [0.3, 0.4) is 0 Å². The lowest BCUT2D eigenvalue weighted by Gasteiger charge is -2.15. The van der Waals surface area contributed by atoms with Crippen molar-refractivity contribution in [3.05, 3.63) is 29.3 Å². The monoisotopic (exact) mass is 266 g/mol. The third kappa shape index (κ3) is 3.93. The van der Waals surface area contributed by atoms with Gasteiger partial charge in [0.15, 0.2) is 0 Å². The van der Waals surface area contributed by atoms with Crippen LogP contribution in [0.2, 0.25) is 0 Å². The molecule has 0 spiro atoms. The molecule has 1 aliphatic carbocycles. The first-order valence-electron chi connectivity index (χ1n) is 6.79. The summed E-state index contributed by atoms with van der Waals surface area (Å²) in [6, 6.07) is 5.68. The van der Waals surface area contributed by atoms with Crippen LogP contribution in [0.4, 0.5) is 0 Å². The molecule has 0 saturated heterocycles. The van der Waals surface area contributed by atoms with E-state index in [1.807, 2.05) is 32.0 Å². The van der Waals surface area contributed by atoms with E-state index in [4.69, 9.17) is 9.47 Å². The van der Waals surface area contributed by atoms with E-state index in [0.717, 1.165) is 29.7 Å². The van der Waals surface area contributed by atoms with Crippen molar-refractivity contribution in [2.24, 2.45) is 0 Å². The number of aliphatic hydroxyl groups is 2. The van der Waals surface area contributed by atoms with E-state index in [-0.39, 0.29) is 25.4 Å². The predicted octanol–water partition coefficient (Wildman–Crippen LogP) is 1.83. The molecule has 2 rings (SSSR count). The van der Waals surface area contributed by atoms with Gasteiger partial charge in [0.25, 0.3) is 0 Å². The number of aliphatic hydroxyl groups excluding tert-OH is 2. The Morgan fingerprint density at radius 2 is 2.11 bits per heavy atom. The van der Waals surface area contributed by atoms with Gasteiger partial charge < -0.3 is 19.7 Å². The fourth-order valence-corrected chi connectivity index (χ4v) is 2.21. The molecular weight excluding hydrogens is 244 g/mol. The summed E-state index contributed by atoms with van der Waals surface area (Å²) >= 11 is 0. The molecule has 106 valence electrons. The zero-order valence-electron chi connectivity index (χ0n) is 11.5. The van der Waals surface area contributed by atoms with E-state index in [2.05, 4.69) is 0 Å². The van der Waals surface area contributed by atoms with Crippen LogP contribution in [0, 0.1) is 0 Å². The zero-order chi connectivity index (χ0) is 13.8. The first kappa shape index (κ1) is 14.3. The second kappa shape index (κ2) is 6.37. The normalized spacial score (nSPS) is 19.5. The van der Waals surface area contributed by atoms with Crippen molar-refractivity contribution in [3.63, 3.8) is 0 Å². The highest BCUT2D eigenvalue weighted by molar-refractivity contribution is 5.39. The van der Waals surface area contributed by atoms with Crippen molar-refractivity contribution in [1.29, 1.82) is 0 Å². The summed E-state index contributed by atoms with van der Waals surface area (Å²) in [5.41, 5.74) is 2.13. The smallest absolute Gasteiger partial charge is 0.119 e. The summed E-state index contributed by atoms with van der Waals surface area (Å²) in [5.74, 6) is 0.733. The Hall–Kier alpha value is -1.10. The number of fused-ring (bicyclic) bond motifs is 1. The first-order chi connectivity index (χ1) is 9.06. The van der Waals surface area contributed by atoms with Gasteiger partial charge in [-0.2, -0.15) is 0 Å². The third-order valence-electron chi connectivity index (χ3n) is 3.22. The number of hydrogen-bond donors (Lipinski definition) is 2. The van der Waals surface area contributed by atoms with Gasteiger partial charge in [-0.25, -0.2) is 0 Å². The van der Waals surface area contributed by atoms with Gasteiger partial charge in [-0.05, 0) is 49.9 Å². The number of rotatable bonds is 6. The summed E-state index contributed by atoms with van der Waals surface area (Å²) in [4.78, 5) is 0. The van der Waals surface area contributed by atoms with Gasteiger partial charge in [0.1, 0.15) is 18.5 Å². The fourth-order valence-electron chi connectivity index (χ4n) is 2.21. The molecule has 2 N–H and O–H groups in total. The Bertz CT molecular complexity index is 417. The maximum absolute atomic E-state index is 9.71. The van der Waals surface area contributed by atoms with Gasteiger partial charge in [0.05, 0.1) is 18.8 Å². The Labute approximate surface area is 114 Å². The van der Waals surface area contributed by atoms with Crippen molar-refractivity contribution < 1.29 is 19.7 Å². The van der Waals surface area contributed by atoms with Gasteiger partial charge in [-0.3, -0.25) is 0 Å². The summed E-state index contributed by atoms with van der Waals surface area (Å²) in [5, 5.41) is 19.4. The lowest BCUT2D eigenvalue weighted by molar-refractivity contribution is -0.0122. The summed E-state index contributed by atoms with van der Waals surface area (Å²) in [7, 11) is 0. The SMILES string of the molecule is CC(C)OCC(O)COc1ccc2c(c1)CCC2O. The third-order valence-corrected chi connectivity index (χ3v) is 3.22. The fraction of sp³-hybridized carbons (Fsp3) is 0.600. The minimum Gasteiger partial charge on any atom is -0.491 e. The van der Waals surface area contributed by atoms with E-state index in [9.17, 15) is 10.2 Å². The van der Waals surface area contributed by atoms with Crippen molar-refractivity contribution in [2.75, 3.05) is 13.2 Å². The van der Waals surface area contributed by atoms with Crippen LogP contribution in [0.15, 0.2) is 18.2 Å². The molecule has 4 nitrogen and oxygen atoms in total. The van der Waals surface area contributed by atoms with E-state index in [1.54, 1.807) is 0 Å². The topological polar surface area (TPSA) is 58.9 Å². The molecular formula is C15H22O4. The number of benzene rings is 1. The lowest BCUT2D eigenvalue weighted by Crippen LogP contribution is -2.25. The van der Waals surface area contributed by atoms with Crippen LogP contribution in [0.5, 0.6) is 5.75 Å². The van der Waals surface area contributed by atoms with Crippen LogP contribution in [-0.4, -0.2) is 35.6 Å². The largest absolute Gasteiger partial charge is 0.491 e. The zero-order valence-corrected chi connectivity index (χ0v) is 11.5. The van der Waals surface area contributed by atoms with Crippen molar-refractivity contribution in [1.82, 2.24) is 0 Å². The van der Waals surface area contributed by atoms with Crippen molar-refractivity contribution in [2.45, 2.75) is 45.0 Å². The first-order valence-corrected chi connectivity index (χ1v) is 6.79. The maximum Gasteiger partial charge on any atom is 0.119 e. The molecule has 19 heavy (non-hydrogen) atoms. The maximum atomic E-state index is 9.71. The highest BCUT2D eigenvalue weighted by atomic mass is 16.5. The average molecular weight is 266 g/mol.